The Balaban J connectivity index is 1.44. The SMILES string of the molecule is Cc1cnc(SCc2cccnc2)nc1C1CCCN(Cc2sccc2C)C1. The van der Waals surface area contributed by atoms with Gasteiger partial charge in [-0.15, -0.1) is 11.3 Å². The fourth-order valence-electron chi connectivity index (χ4n) is 3.74. The number of hydrogen-bond donors (Lipinski definition) is 0. The van der Waals surface area contributed by atoms with Gasteiger partial charge in [0.05, 0.1) is 5.69 Å². The molecule has 1 atom stereocenters. The van der Waals surface area contributed by atoms with Gasteiger partial charge in [-0.05, 0) is 67.4 Å². The van der Waals surface area contributed by atoms with Crippen LogP contribution in [-0.4, -0.2) is 32.9 Å². The van der Waals surface area contributed by atoms with Crippen LogP contribution in [0.2, 0.25) is 0 Å². The van der Waals surface area contributed by atoms with E-state index in [1.807, 2.05) is 29.8 Å². The molecule has 0 aromatic carbocycles. The van der Waals surface area contributed by atoms with Crippen LogP contribution in [0.1, 0.15) is 46.0 Å². The lowest BCUT2D eigenvalue weighted by Gasteiger charge is -2.33. The van der Waals surface area contributed by atoms with Gasteiger partial charge in [0.1, 0.15) is 0 Å². The molecule has 1 aliphatic rings. The third-order valence-corrected chi connectivity index (χ3v) is 7.25. The Morgan fingerprint density at radius 1 is 1.21 bits per heavy atom. The number of thioether (sulfide) groups is 1. The van der Waals surface area contributed by atoms with Gasteiger partial charge in [0.2, 0.25) is 0 Å². The molecular formula is C22H26N4S2. The zero-order valence-corrected chi connectivity index (χ0v) is 18.1. The molecule has 3 aromatic heterocycles. The van der Waals surface area contributed by atoms with Crippen LogP contribution in [0.25, 0.3) is 0 Å². The van der Waals surface area contributed by atoms with Gasteiger partial charge in [-0.25, -0.2) is 9.97 Å². The van der Waals surface area contributed by atoms with Gasteiger partial charge < -0.3 is 0 Å². The summed E-state index contributed by atoms with van der Waals surface area (Å²) in [5.74, 6) is 1.35. The molecule has 0 aliphatic carbocycles. The van der Waals surface area contributed by atoms with E-state index >= 15 is 0 Å². The molecule has 3 aromatic rings. The molecule has 4 nitrogen and oxygen atoms in total. The van der Waals surface area contributed by atoms with Crippen LogP contribution in [0.5, 0.6) is 0 Å². The zero-order chi connectivity index (χ0) is 19.3. The summed E-state index contributed by atoms with van der Waals surface area (Å²) in [6, 6.07) is 6.30. The Morgan fingerprint density at radius 3 is 2.93 bits per heavy atom. The van der Waals surface area contributed by atoms with Crippen molar-refractivity contribution in [3.05, 3.63) is 69.4 Å². The molecule has 4 heterocycles. The summed E-state index contributed by atoms with van der Waals surface area (Å²) in [5.41, 5.74) is 5.06. The van der Waals surface area contributed by atoms with Crippen molar-refractivity contribution < 1.29 is 0 Å². The number of aromatic nitrogens is 3. The molecule has 0 N–H and O–H groups in total. The highest BCUT2D eigenvalue weighted by Gasteiger charge is 2.25. The fraction of sp³-hybridized carbons (Fsp3) is 0.409. The van der Waals surface area contributed by atoms with Crippen LogP contribution >= 0.6 is 23.1 Å². The number of rotatable bonds is 6. The topological polar surface area (TPSA) is 41.9 Å². The first-order valence-electron chi connectivity index (χ1n) is 9.79. The smallest absolute Gasteiger partial charge is 0.188 e. The maximum atomic E-state index is 4.97. The minimum absolute atomic E-state index is 0.495. The molecule has 1 aliphatic heterocycles. The molecule has 0 radical (unpaired) electrons. The van der Waals surface area contributed by atoms with Crippen molar-refractivity contribution >= 4 is 23.1 Å². The second kappa shape index (κ2) is 9.16. The maximum absolute atomic E-state index is 4.97. The summed E-state index contributed by atoms with van der Waals surface area (Å²) in [5, 5.41) is 3.07. The van der Waals surface area contributed by atoms with Crippen molar-refractivity contribution in [2.24, 2.45) is 0 Å². The summed E-state index contributed by atoms with van der Waals surface area (Å²) >= 11 is 3.57. The number of piperidine rings is 1. The summed E-state index contributed by atoms with van der Waals surface area (Å²) in [6.45, 7) is 7.69. The normalized spacial score (nSPS) is 17.7. The second-order valence-electron chi connectivity index (χ2n) is 7.47. The zero-order valence-electron chi connectivity index (χ0n) is 16.5. The highest BCUT2D eigenvalue weighted by Crippen LogP contribution is 2.31. The van der Waals surface area contributed by atoms with Crippen molar-refractivity contribution in [1.82, 2.24) is 19.9 Å². The number of thiophene rings is 1. The van der Waals surface area contributed by atoms with Crippen LogP contribution in [0, 0.1) is 13.8 Å². The largest absolute Gasteiger partial charge is 0.298 e. The predicted octanol–water partition coefficient (Wildman–Crippen LogP) is 5.22. The number of hydrogen-bond acceptors (Lipinski definition) is 6. The third-order valence-electron chi connectivity index (χ3n) is 5.31. The van der Waals surface area contributed by atoms with Crippen LogP contribution in [0.4, 0.5) is 0 Å². The Kier molecular flexibility index (Phi) is 6.40. The summed E-state index contributed by atoms with van der Waals surface area (Å²) < 4.78 is 0. The Hall–Kier alpha value is -1.76. The van der Waals surface area contributed by atoms with Crippen molar-refractivity contribution in [2.45, 2.75) is 50.1 Å². The molecule has 0 saturated carbocycles. The molecule has 4 rings (SSSR count). The first kappa shape index (κ1) is 19.6. The van der Waals surface area contributed by atoms with Gasteiger partial charge in [-0.1, -0.05) is 17.8 Å². The Bertz CT molecular complexity index is 910. The quantitative estimate of drug-likeness (QED) is 0.411. The Labute approximate surface area is 175 Å². The van der Waals surface area contributed by atoms with E-state index in [-0.39, 0.29) is 0 Å². The molecule has 6 heteroatoms. The van der Waals surface area contributed by atoms with E-state index in [4.69, 9.17) is 4.98 Å². The monoisotopic (exact) mass is 410 g/mol. The van der Waals surface area contributed by atoms with E-state index in [9.17, 15) is 0 Å². The van der Waals surface area contributed by atoms with Crippen molar-refractivity contribution in [3.63, 3.8) is 0 Å². The van der Waals surface area contributed by atoms with Crippen LogP contribution in [0.3, 0.4) is 0 Å². The highest BCUT2D eigenvalue weighted by atomic mass is 32.2. The molecule has 0 amide bonds. The average molecular weight is 411 g/mol. The van der Waals surface area contributed by atoms with Gasteiger partial charge >= 0.3 is 0 Å². The minimum Gasteiger partial charge on any atom is -0.298 e. The van der Waals surface area contributed by atoms with E-state index in [1.165, 1.54) is 46.6 Å². The fourth-order valence-corrected chi connectivity index (χ4v) is 5.45. The number of nitrogens with zero attached hydrogens (tertiary/aromatic N) is 4. The summed E-state index contributed by atoms with van der Waals surface area (Å²) in [4.78, 5) is 17.8. The third kappa shape index (κ3) is 4.80. The van der Waals surface area contributed by atoms with Crippen molar-refractivity contribution in [3.8, 4) is 0 Å². The molecule has 0 spiro atoms. The summed E-state index contributed by atoms with van der Waals surface area (Å²) in [6.07, 6.45) is 8.16. The van der Waals surface area contributed by atoms with Gasteiger partial charge in [-0.2, -0.15) is 0 Å². The number of pyridine rings is 1. The first-order valence-corrected chi connectivity index (χ1v) is 11.7. The van der Waals surface area contributed by atoms with Gasteiger partial charge in [0.15, 0.2) is 5.16 Å². The van der Waals surface area contributed by atoms with Crippen LogP contribution in [-0.2, 0) is 12.3 Å². The number of aryl methyl sites for hydroxylation is 2. The van der Waals surface area contributed by atoms with E-state index in [0.29, 0.717) is 5.92 Å². The molecule has 0 bridgehead atoms. The average Bonchev–Trinajstić information content (AvgIpc) is 3.13. The molecule has 1 fully saturated rings. The lowest BCUT2D eigenvalue weighted by atomic mass is 9.92. The van der Waals surface area contributed by atoms with Crippen molar-refractivity contribution in [1.29, 1.82) is 0 Å². The van der Waals surface area contributed by atoms with E-state index < -0.39 is 0 Å². The lowest BCUT2D eigenvalue weighted by molar-refractivity contribution is 0.199. The van der Waals surface area contributed by atoms with E-state index in [2.05, 4.69) is 46.2 Å². The lowest BCUT2D eigenvalue weighted by Crippen LogP contribution is -2.34. The number of likely N-dealkylation sites (tertiary alicyclic amines) is 1. The molecule has 146 valence electrons. The Morgan fingerprint density at radius 2 is 2.14 bits per heavy atom. The maximum Gasteiger partial charge on any atom is 0.188 e. The van der Waals surface area contributed by atoms with Gasteiger partial charge in [0.25, 0.3) is 0 Å². The predicted molar refractivity (Wildman–Crippen MR) is 117 cm³/mol. The summed E-state index contributed by atoms with van der Waals surface area (Å²) in [7, 11) is 0. The van der Waals surface area contributed by atoms with Crippen LogP contribution in [0.15, 0.2) is 47.3 Å². The van der Waals surface area contributed by atoms with E-state index in [0.717, 1.165) is 24.0 Å². The van der Waals surface area contributed by atoms with Gasteiger partial charge in [-0.3, -0.25) is 9.88 Å². The van der Waals surface area contributed by atoms with Crippen LogP contribution < -0.4 is 0 Å². The molecule has 1 unspecified atom stereocenters. The highest BCUT2D eigenvalue weighted by molar-refractivity contribution is 7.98. The minimum atomic E-state index is 0.495. The second-order valence-corrected chi connectivity index (χ2v) is 9.42. The molecule has 28 heavy (non-hydrogen) atoms. The van der Waals surface area contributed by atoms with Gasteiger partial charge in [0, 0.05) is 48.2 Å². The standard InChI is InChI=1S/C22H26N4S2/c1-16-7-10-27-20(16)14-26-9-4-6-19(13-26)21-17(2)11-24-22(25-21)28-15-18-5-3-8-23-12-18/h3,5,7-8,10-12,19H,4,6,9,13-15H2,1-2H3. The molecule has 1 saturated heterocycles. The molecular weight excluding hydrogens is 384 g/mol. The first-order chi connectivity index (χ1) is 13.7. The van der Waals surface area contributed by atoms with Crippen molar-refractivity contribution in [2.75, 3.05) is 13.1 Å². The van der Waals surface area contributed by atoms with E-state index in [1.54, 1.807) is 18.0 Å².